The summed E-state index contributed by atoms with van der Waals surface area (Å²) in [6, 6.07) is 12.2. The summed E-state index contributed by atoms with van der Waals surface area (Å²) in [6.45, 7) is 3.19. The largest absolute Gasteiger partial charge is 0.464 e. The highest BCUT2D eigenvalue weighted by Gasteiger charge is 2.18. The first-order valence-electron chi connectivity index (χ1n) is 9.03. The number of amides is 1. The quantitative estimate of drug-likeness (QED) is 0.624. The Labute approximate surface area is 172 Å². The molecule has 0 atom stereocenters. The molecule has 9 nitrogen and oxygen atoms in total. The van der Waals surface area contributed by atoms with Gasteiger partial charge >= 0.3 is 11.9 Å². The molecule has 1 N–H and O–H groups in total. The number of nitrogens with zero attached hydrogens (tertiary/aromatic N) is 3. The van der Waals surface area contributed by atoms with E-state index in [0.717, 1.165) is 11.3 Å². The third-order valence-corrected chi connectivity index (χ3v) is 4.22. The van der Waals surface area contributed by atoms with Gasteiger partial charge in [-0.25, -0.2) is 19.3 Å². The first-order valence-corrected chi connectivity index (χ1v) is 9.03. The van der Waals surface area contributed by atoms with Gasteiger partial charge in [0.1, 0.15) is 11.4 Å². The Morgan fingerprint density at radius 2 is 1.83 bits per heavy atom. The number of aromatic nitrogens is 3. The number of hydrogen-bond donors (Lipinski definition) is 1. The molecule has 0 spiro atoms. The van der Waals surface area contributed by atoms with Gasteiger partial charge in [0.2, 0.25) is 0 Å². The van der Waals surface area contributed by atoms with Gasteiger partial charge in [0.25, 0.3) is 5.91 Å². The average molecular weight is 408 g/mol. The molecule has 3 aromatic rings. The number of benzene rings is 1. The molecule has 0 unspecified atom stereocenters. The van der Waals surface area contributed by atoms with Crippen molar-refractivity contribution in [1.29, 1.82) is 0 Å². The summed E-state index contributed by atoms with van der Waals surface area (Å²) in [5.41, 5.74) is 2.79. The van der Waals surface area contributed by atoms with Gasteiger partial charge in [0.15, 0.2) is 12.3 Å². The molecular weight excluding hydrogens is 388 g/mol. The van der Waals surface area contributed by atoms with Crippen LogP contribution in [0.4, 0.5) is 5.82 Å². The predicted octanol–water partition coefficient (Wildman–Crippen LogP) is 2.47. The van der Waals surface area contributed by atoms with Crippen molar-refractivity contribution in [3.8, 4) is 5.69 Å². The van der Waals surface area contributed by atoms with E-state index in [1.165, 1.54) is 25.4 Å². The van der Waals surface area contributed by atoms with Crippen LogP contribution in [-0.4, -0.2) is 46.3 Å². The Balaban J connectivity index is 1.62. The van der Waals surface area contributed by atoms with Crippen LogP contribution in [0, 0.1) is 13.8 Å². The highest BCUT2D eigenvalue weighted by atomic mass is 16.5. The number of esters is 2. The van der Waals surface area contributed by atoms with Gasteiger partial charge in [0.05, 0.1) is 24.7 Å². The van der Waals surface area contributed by atoms with Gasteiger partial charge in [-0.3, -0.25) is 4.79 Å². The molecule has 0 saturated carbocycles. The summed E-state index contributed by atoms with van der Waals surface area (Å²) in [5, 5.41) is 6.70. The molecule has 0 aliphatic heterocycles. The van der Waals surface area contributed by atoms with E-state index in [2.05, 4.69) is 20.1 Å². The fraction of sp³-hybridized carbons (Fsp3) is 0.190. The molecular formula is C21H20N4O5. The number of carbonyl (C=O) groups is 3. The summed E-state index contributed by atoms with van der Waals surface area (Å²) in [6.07, 6.45) is 1.40. The monoisotopic (exact) mass is 408 g/mol. The number of methoxy groups -OCH3 is 1. The standard InChI is InChI=1S/C21H20N4O5/c1-13-6-4-7-15(10-13)25-14(2)16(11-22-25)20(27)30-12-19(26)24-18-9-5-8-17(23-18)21(28)29-3/h4-11H,12H2,1-3H3,(H,23,24,26). The number of aryl methyl sites for hydroxylation is 1. The number of rotatable bonds is 6. The summed E-state index contributed by atoms with van der Waals surface area (Å²) < 4.78 is 11.3. The van der Waals surface area contributed by atoms with Gasteiger partial charge in [-0.1, -0.05) is 18.2 Å². The Morgan fingerprint density at radius 3 is 2.57 bits per heavy atom. The molecule has 2 aromatic heterocycles. The lowest BCUT2D eigenvalue weighted by Gasteiger charge is -2.08. The van der Waals surface area contributed by atoms with Crippen molar-refractivity contribution in [3.63, 3.8) is 0 Å². The van der Waals surface area contributed by atoms with Crippen LogP contribution in [0.3, 0.4) is 0 Å². The molecule has 0 radical (unpaired) electrons. The minimum absolute atomic E-state index is 0.0477. The second kappa shape index (κ2) is 8.99. The lowest BCUT2D eigenvalue weighted by molar-refractivity contribution is -0.119. The van der Waals surface area contributed by atoms with Crippen molar-refractivity contribution >= 4 is 23.7 Å². The van der Waals surface area contributed by atoms with Crippen LogP contribution in [-0.2, 0) is 14.3 Å². The first-order chi connectivity index (χ1) is 14.4. The Morgan fingerprint density at radius 1 is 1.07 bits per heavy atom. The molecule has 1 amide bonds. The van der Waals surface area contributed by atoms with Crippen molar-refractivity contribution in [2.45, 2.75) is 13.8 Å². The van der Waals surface area contributed by atoms with E-state index in [1.54, 1.807) is 17.7 Å². The topological polar surface area (TPSA) is 112 Å². The van der Waals surface area contributed by atoms with E-state index in [1.807, 2.05) is 31.2 Å². The van der Waals surface area contributed by atoms with Crippen LogP contribution in [0.2, 0.25) is 0 Å². The molecule has 0 bridgehead atoms. The van der Waals surface area contributed by atoms with E-state index in [4.69, 9.17) is 4.74 Å². The lowest BCUT2D eigenvalue weighted by atomic mass is 10.2. The summed E-state index contributed by atoms with van der Waals surface area (Å²) >= 11 is 0. The van der Waals surface area contributed by atoms with E-state index in [0.29, 0.717) is 5.69 Å². The molecule has 154 valence electrons. The van der Waals surface area contributed by atoms with E-state index >= 15 is 0 Å². The van der Waals surface area contributed by atoms with Crippen LogP contribution in [0.5, 0.6) is 0 Å². The van der Waals surface area contributed by atoms with E-state index in [-0.39, 0.29) is 17.1 Å². The van der Waals surface area contributed by atoms with E-state index in [9.17, 15) is 14.4 Å². The first kappa shape index (κ1) is 20.7. The second-order valence-corrected chi connectivity index (χ2v) is 6.42. The Kier molecular flexibility index (Phi) is 6.21. The number of ether oxygens (including phenoxy) is 2. The SMILES string of the molecule is COC(=O)c1cccc(NC(=O)COC(=O)c2cnn(-c3cccc(C)c3)c2C)n1. The zero-order valence-corrected chi connectivity index (χ0v) is 16.7. The maximum atomic E-state index is 12.4. The van der Waals surface area contributed by atoms with Gasteiger partial charge in [-0.15, -0.1) is 0 Å². The summed E-state index contributed by atoms with van der Waals surface area (Å²) in [7, 11) is 1.23. The average Bonchev–Trinajstić information content (AvgIpc) is 3.13. The van der Waals surface area contributed by atoms with Crippen LogP contribution >= 0.6 is 0 Å². The number of anilines is 1. The Hall–Kier alpha value is -4.01. The van der Waals surface area contributed by atoms with Gasteiger partial charge in [0, 0.05) is 0 Å². The second-order valence-electron chi connectivity index (χ2n) is 6.42. The number of pyridine rings is 1. The predicted molar refractivity (Wildman–Crippen MR) is 108 cm³/mol. The lowest BCUT2D eigenvalue weighted by Crippen LogP contribution is -2.22. The van der Waals surface area contributed by atoms with Crippen LogP contribution in [0.15, 0.2) is 48.7 Å². The fourth-order valence-electron chi connectivity index (χ4n) is 2.74. The van der Waals surface area contributed by atoms with Gasteiger partial charge in [-0.2, -0.15) is 5.10 Å². The van der Waals surface area contributed by atoms with Crippen LogP contribution in [0.25, 0.3) is 5.69 Å². The molecule has 3 rings (SSSR count). The minimum Gasteiger partial charge on any atom is -0.464 e. The summed E-state index contributed by atoms with van der Waals surface area (Å²) in [4.78, 5) is 39.9. The van der Waals surface area contributed by atoms with E-state index < -0.39 is 24.5 Å². The molecule has 9 heteroatoms. The van der Waals surface area contributed by atoms with Crippen LogP contribution in [0.1, 0.15) is 32.1 Å². The van der Waals surface area contributed by atoms with Crippen molar-refractivity contribution in [3.05, 3.63) is 71.2 Å². The molecule has 0 aliphatic carbocycles. The van der Waals surface area contributed by atoms with Crippen molar-refractivity contribution < 1.29 is 23.9 Å². The minimum atomic E-state index is -0.669. The third-order valence-electron chi connectivity index (χ3n) is 4.22. The molecule has 0 aliphatic rings. The highest BCUT2D eigenvalue weighted by Crippen LogP contribution is 2.16. The smallest absolute Gasteiger partial charge is 0.356 e. The number of hydrogen-bond acceptors (Lipinski definition) is 7. The van der Waals surface area contributed by atoms with Crippen molar-refractivity contribution in [2.75, 3.05) is 19.0 Å². The van der Waals surface area contributed by atoms with Crippen molar-refractivity contribution in [2.24, 2.45) is 0 Å². The molecule has 0 saturated heterocycles. The highest BCUT2D eigenvalue weighted by molar-refractivity contribution is 5.96. The fourth-order valence-corrected chi connectivity index (χ4v) is 2.74. The zero-order valence-electron chi connectivity index (χ0n) is 16.7. The normalized spacial score (nSPS) is 10.4. The van der Waals surface area contributed by atoms with Gasteiger partial charge < -0.3 is 14.8 Å². The van der Waals surface area contributed by atoms with Gasteiger partial charge in [-0.05, 0) is 43.7 Å². The zero-order chi connectivity index (χ0) is 21.7. The number of carbonyl (C=O) groups excluding carboxylic acids is 3. The molecule has 0 fully saturated rings. The van der Waals surface area contributed by atoms with Crippen molar-refractivity contribution in [1.82, 2.24) is 14.8 Å². The molecule has 2 heterocycles. The maximum absolute atomic E-state index is 12.4. The number of nitrogens with one attached hydrogen (secondary N) is 1. The Bertz CT molecular complexity index is 1110. The van der Waals surface area contributed by atoms with Crippen LogP contribution < -0.4 is 5.32 Å². The summed E-state index contributed by atoms with van der Waals surface area (Å²) in [5.74, 6) is -1.75. The maximum Gasteiger partial charge on any atom is 0.356 e. The molecule has 1 aromatic carbocycles. The third kappa shape index (κ3) is 4.69. The molecule has 30 heavy (non-hydrogen) atoms.